The van der Waals surface area contributed by atoms with Crippen LogP contribution in [-0.2, 0) is 11.3 Å². The number of nitrogens with two attached hydrogens (primary N) is 1. The molecule has 0 fully saturated rings. The van der Waals surface area contributed by atoms with Crippen LogP contribution in [0.1, 0.15) is 15.9 Å². The van der Waals surface area contributed by atoms with Crippen LogP contribution in [0, 0.1) is 17.5 Å². The van der Waals surface area contributed by atoms with Gasteiger partial charge in [0.25, 0.3) is 0 Å². The van der Waals surface area contributed by atoms with E-state index in [0.29, 0.717) is 17.7 Å². The molecular formula is C14H9BrF3NO2. The highest BCUT2D eigenvalue weighted by molar-refractivity contribution is 9.10. The number of benzene rings is 2. The topological polar surface area (TPSA) is 52.3 Å². The number of ether oxygens (including phenoxy) is 1. The highest BCUT2D eigenvalue weighted by Gasteiger charge is 2.16. The summed E-state index contributed by atoms with van der Waals surface area (Å²) in [6.07, 6.45) is 0. The number of esters is 1. The average molecular weight is 360 g/mol. The predicted octanol–water partition coefficient (Wildman–Crippen LogP) is 3.81. The number of halogens is 4. The second-order valence-corrected chi connectivity index (χ2v) is 5.03. The lowest BCUT2D eigenvalue weighted by Gasteiger charge is -2.07. The zero-order chi connectivity index (χ0) is 15.6. The monoisotopic (exact) mass is 359 g/mol. The molecule has 2 N–H and O–H groups in total. The molecule has 0 aliphatic heterocycles. The second kappa shape index (κ2) is 6.17. The zero-order valence-corrected chi connectivity index (χ0v) is 12.1. The zero-order valence-electron chi connectivity index (χ0n) is 10.5. The Labute approximate surface area is 126 Å². The second-order valence-electron chi connectivity index (χ2n) is 4.18. The van der Waals surface area contributed by atoms with Gasteiger partial charge in [-0.05, 0) is 39.7 Å². The normalized spacial score (nSPS) is 10.5. The maximum absolute atomic E-state index is 13.5. The molecule has 0 aromatic heterocycles. The summed E-state index contributed by atoms with van der Waals surface area (Å²) in [5.74, 6) is -3.38. The molecule has 0 radical (unpaired) electrons. The molecule has 0 atom stereocenters. The molecule has 0 saturated heterocycles. The van der Waals surface area contributed by atoms with Crippen LogP contribution in [0.25, 0.3) is 0 Å². The van der Waals surface area contributed by atoms with E-state index in [1.54, 1.807) is 0 Å². The summed E-state index contributed by atoms with van der Waals surface area (Å²) < 4.78 is 44.9. The third kappa shape index (κ3) is 3.55. The van der Waals surface area contributed by atoms with Gasteiger partial charge in [0, 0.05) is 6.07 Å². The summed E-state index contributed by atoms with van der Waals surface area (Å²) in [7, 11) is 0. The molecule has 0 bridgehead atoms. The van der Waals surface area contributed by atoms with E-state index in [0.717, 1.165) is 0 Å². The van der Waals surface area contributed by atoms with Crippen LogP contribution < -0.4 is 5.73 Å². The van der Waals surface area contributed by atoms with Crippen molar-refractivity contribution in [2.75, 3.05) is 5.73 Å². The van der Waals surface area contributed by atoms with Crippen LogP contribution >= 0.6 is 15.9 Å². The Morgan fingerprint density at radius 3 is 2.48 bits per heavy atom. The maximum Gasteiger partial charge on any atom is 0.341 e. The van der Waals surface area contributed by atoms with Gasteiger partial charge in [-0.1, -0.05) is 6.07 Å². The van der Waals surface area contributed by atoms with E-state index >= 15 is 0 Å². The van der Waals surface area contributed by atoms with Crippen molar-refractivity contribution in [3.8, 4) is 0 Å². The van der Waals surface area contributed by atoms with Gasteiger partial charge in [-0.25, -0.2) is 18.0 Å². The van der Waals surface area contributed by atoms with Gasteiger partial charge in [0.2, 0.25) is 0 Å². The minimum atomic E-state index is -1.04. The summed E-state index contributed by atoms with van der Waals surface area (Å²) >= 11 is 2.99. The third-order valence-corrected chi connectivity index (χ3v) is 3.27. The molecule has 0 amide bonds. The lowest BCUT2D eigenvalue weighted by Crippen LogP contribution is -2.09. The maximum atomic E-state index is 13.5. The quantitative estimate of drug-likeness (QED) is 0.669. The number of nitrogen functional groups attached to an aromatic ring is 1. The fourth-order valence-corrected chi connectivity index (χ4v) is 2.00. The van der Waals surface area contributed by atoms with E-state index in [1.165, 1.54) is 18.2 Å². The van der Waals surface area contributed by atoms with Gasteiger partial charge >= 0.3 is 5.97 Å². The summed E-state index contributed by atoms with van der Waals surface area (Å²) in [4.78, 5) is 11.7. The Kier molecular flexibility index (Phi) is 4.52. The Balaban J connectivity index is 2.11. The first-order chi connectivity index (χ1) is 9.88. The van der Waals surface area contributed by atoms with Crippen LogP contribution in [0.15, 0.2) is 34.8 Å². The lowest BCUT2D eigenvalue weighted by molar-refractivity contribution is 0.0466. The molecule has 0 aliphatic rings. The third-order valence-electron chi connectivity index (χ3n) is 2.66. The number of carbonyl (C=O) groups excluding carboxylic acids is 1. The summed E-state index contributed by atoms with van der Waals surface area (Å²) in [5.41, 5.74) is 4.72. The molecule has 0 spiro atoms. The van der Waals surface area contributed by atoms with E-state index < -0.39 is 34.7 Å². The molecule has 21 heavy (non-hydrogen) atoms. The van der Waals surface area contributed by atoms with Gasteiger partial charge in [0.1, 0.15) is 24.1 Å². The number of carbonyl (C=O) groups is 1. The fourth-order valence-electron chi connectivity index (χ4n) is 1.57. The van der Waals surface area contributed by atoms with Crippen molar-refractivity contribution in [2.45, 2.75) is 6.61 Å². The minimum Gasteiger partial charge on any atom is -0.457 e. The van der Waals surface area contributed by atoms with Crippen LogP contribution in [-0.4, -0.2) is 5.97 Å². The molecule has 0 saturated carbocycles. The van der Waals surface area contributed by atoms with Gasteiger partial charge in [0.15, 0.2) is 0 Å². The molecule has 2 rings (SSSR count). The van der Waals surface area contributed by atoms with Crippen LogP contribution in [0.4, 0.5) is 18.9 Å². The highest BCUT2D eigenvalue weighted by atomic mass is 79.9. The Morgan fingerprint density at radius 1 is 1.10 bits per heavy atom. The minimum absolute atomic E-state index is 0.205. The van der Waals surface area contributed by atoms with Crippen molar-refractivity contribution in [3.63, 3.8) is 0 Å². The predicted molar refractivity (Wildman–Crippen MR) is 74.0 cm³/mol. The van der Waals surface area contributed by atoms with Crippen molar-refractivity contribution in [1.29, 1.82) is 0 Å². The highest BCUT2D eigenvalue weighted by Crippen LogP contribution is 2.20. The average Bonchev–Trinajstić information content (AvgIpc) is 2.44. The summed E-state index contributed by atoms with van der Waals surface area (Å²) in [6, 6.07) is 5.40. The van der Waals surface area contributed by atoms with E-state index in [1.807, 2.05) is 0 Å². The molecule has 0 aliphatic carbocycles. The fraction of sp³-hybridized carbons (Fsp3) is 0.0714. The van der Waals surface area contributed by atoms with E-state index in [-0.39, 0.29) is 11.1 Å². The number of hydrogen-bond acceptors (Lipinski definition) is 3. The molecule has 0 heterocycles. The van der Waals surface area contributed by atoms with Gasteiger partial charge in [-0.3, -0.25) is 0 Å². The van der Waals surface area contributed by atoms with Crippen LogP contribution in [0.3, 0.4) is 0 Å². The van der Waals surface area contributed by atoms with Crippen molar-refractivity contribution in [3.05, 3.63) is 63.4 Å². The van der Waals surface area contributed by atoms with E-state index in [4.69, 9.17) is 10.5 Å². The molecule has 2 aromatic rings. The van der Waals surface area contributed by atoms with Crippen LogP contribution in [0.5, 0.6) is 0 Å². The number of hydrogen-bond donors (Lipinski definition) is 1. The number of rotatable bonds is 3. The first kappa shape index (κ1) is 15.4. The standard InChI is InChI=1S/C14H9BrF3NO2/c15-9-3-7(1-2-10(9)16)6-21-14(20)8-4-12(18)13(19)5-11(8)17/h1-5H,6,19H2. The number of anilines is 1. The summed E-state index contributed by atoms with van der Waals surface area (Å²) in [5, 5.41) is 0. The SMILES string of the molecule is Nc1cc(F)c(C(=O)OCc2ccc(F)c(Br)c2)cc1F. The molecular weight excluding hydrogens is 351 g/mol. The Bertz CT molecular complexity index is 707. The molecule has 2 aromatic carbocycles. The smallest absolute Gasteiger partial charge is 0.341 e. The first-order valence-electron chi connectivity index (χ1n) is 5.74. The summed E-state index contributed by atoms with van der Waals surface area (Å²) in [6.45, 7) is -0.205. The first-order valence-corrected chi connectivity index (χ1v) is 6.53. The van der Waals surface area contributed by atoms with Crippen molar-refractivity contribution >= 4 is 27.6 Å². The lowest BCUT2D eigenvalue weighted by atomic mass is 10.2. The van der Waals surface area contributed by atoms with Gasteiger partial charge in [0.05, 0.1) is 15.7 Å². The Hall–Kier alpha value is -2.02. The molecule has 7 heteroatoms. The van der Waals surface area contributed by atoms with Crippen molar-refractivity contribution in [2.24, 2.45) is 0 Å². The van der Waals surface area contributed by atoms with Crippen LogP contribution in [0.2, 0.25) is 0 Å². The van der Waals surface area contributed by atoms with E-state index in [9.17, 15) is 18.0 Å². The van der Waals surface area contributed by atoms with Gasteiger partial charge in [-0.2, -0.15) is 0 Å². The molecule has 110 valence electrons. The van der Waals surface area contributed by atoms with E-state index in [2.05, 4.69) is 15.9 Å². The largest absolute Gasteiger partial charge is 0.457 e. The Morgan fingerprint density at radius 2 is 1.81 bits per heavy atom. The van der Waals surface area contributed by atoms with Gasteiger partial charge < -0.3 is 10.5 Å². The molecule has 0 unspecified atom stereocenters. The van der Waals surface area contributed by atoms with Crippen molar-refractivity contribution in [1.82, 2.24) is 0 Å². The van der Waals surface area contributed by atoms with Gasteiger partial charge in [-0.15, -0.1) is 0 Å². The van der Waals surface area contributed by atoms with Crippen molar-refractivity contribution < 1.29 is 22.7 Å². The molecule has 3 nitrogen and oxygen atoms in total.